The first kappa shape index (κ1) is 23.0. The van der Waals surface area contributed by atoms with E-state index >= 15 is 0 Å². The molecule has 1 fully saturated rings. The van der Waals surface area contributed by atoms with Crippen LogP contribution >= 0.6 is 0 Å². The molecule has 0 aliphatic carbocycles. The molecular formula is C22H33NO4. The van der Waals surface area contributed by atoms with Gasteiger partial charge in [-0.1, -0.05) is 38.2 Å². The van der Waals surface area contributed by atoms with Gasteiger partial charge in [-0.05, 0) is 31.6 Å². The Morgan fingerprint density at radius 3 is 2.85 bits per heavy atom. The molecule has 0 bridgehead atoms. The van der Waals surface area contributed by atoms with Crippen molar-refractivity contribution >= 4 is 11.9 Å². The number of aliphatic carboxylic acids is 1. The average molecular weight is 376 g/mol. The molecular weight excluding hydrogens is 342 g/mol. The van der Waals surface area contributed by atoms with E-state index in [1.54, 1.807) is 6.08 Å². The van der Waals surface area contributed by atoms with Crippen LogP contribution in [-0.4, -0.2) is 45.7 Å². The van der Waals surface area contributed by atoms with E-state index in [0.717, 1.165) is 19.3 Å². The number of unbranched alkanes of at least 4 members (excludes halogenated alkanes) is 2. The number of aliphatic hydroxyl groups is 1. The second-order valence-electron chi connectivity index (χ2n) is 7.07. The van der Waals surface area contributed by atoms with E-state index in [-0.39, 0.29) is 24.3 Å². The fourth-order valence-corrected chi connectivity index (χ4v) is 2.87. The average Bonchev–Trinajstić information content (AvgIpc) is 2.99. The van der Waals surface area contributed by atoms with Gasteiger partial charge >= 0.3 is 5.97 Å². The monoisotopic (exact) mass is 375 g/mol. The summed E-state index contributed by atoms with van der Waals surface area (Å²) in [4.78, 5) is 24.4. The summed E-state index contributed by atoms with van der Waals surface area (Å²) >= 11 is 0. The van der Waals surface area contributed by atoms with Crippen molar-refractivity contribution in [2.75, 3.05) is 6.54 Å². The molecule has 0 spiro atoms. The van der Waals surface area contributed by atoms with Gasteiger partial charge in [-0.3, -0.25) is 9.59 Å². The van der Waals surface area contributed by atoms with E-state index in [1.807, 2.05) is 30.1 Å². The molecule has 0 radical (unpaired) electrons. The Bertz CT molecular complexity index is 585. The number of carbonyl (C=O) groups excluding carboxylic acids is 1. The fraction of sp³-hybridized carbons (Fsp3) is 0.636. The molecule has 27 heavy (non-hydrogen) atoms. The predicted octanol–water partition coefficient (Wildman–Crippen LogP) is 3.54. The molecule has 150 valence electrons. The Morgan fingerprint density at radius 1 is 1.37 bits per heavy atom. The van der Waals surface area contributed by atoms with Crippen LogP contribution in [-0.2, 0) is 9.59 Å². The SMILES string of the molecule is CCCC#CC[C@H](C)[C@H](O)/C=C/C1CCC(=O)N1CC=CCCCC(=O)O. The highest BCUT2D eigenvalue weighted by Gasteiger charge is 2.28. The molecule has 2 N–H and O–H groups in total. The highest BCUT2D eigenvalue weighted by atomic mass is 16.4. The third kappa shape index (κ3) is 9.44. The van der Waals surface area contributed by atoms with Crippen LogP contribution < -0.4 is 0 Å². The van der Waals surface area contributed by atoms with Gasteiger partial charge in [-0.15, -0.1) is 11.8 Å². The lowest BCUT2D eigenvalue weighted by Gasteiger charge is -2.21. The first-order valence-corrected chi connectivity index (χ1v) is 9.94. The van der Waals surface area contributed by atoms with Gasteiger partial charge in [0.15, 0.2) is 0 Å². The summed E-state index contributed by atoms with van der Waals surface area (Å²) in [6.45, 7) is 4.59. The zero-order valence-corrected chi connectivity index (χ0v) is 16.6. The van der Waals surface area contributed by atoms with E-state index in [2.05, 4.69) is 18.8 Å². The molecule has 1 rings (SSSR count). The van der Waals surface area contributed by atoms with Gasteiger partial charge in [0.05, 0.1) is 12.1 Å². The van der Waals surface area contributed by atoms with Crippen LogP contribution in [0.4, 0.5) is 0 Å². The first-order chi connectivity index (χ1) is 13.0. The molecule has 0 aromatic rings. The highest BCUT2D eigenvalue weighted by Crippen LogP contribution is 2.20. The minimum Gasteiger partial charge on any atom is -0.481 e. The number of aliphatic hydroxyl groups excluding tert-OH is 1. The Morgan fingerprint density at radius 2 is 2.15 bits per heavy atom. The van der Waals surface area contributed by atoms with Gasteiger partial charge in [0.2, 0.25) is 5.91 Å². The zero-order valence-electron chi connectivity index (χ0n) is 16.6. The second kappa shape index (κ2) is 13.2. The normalized spacial score (nSPS) is 19.4. The molecule has 3 atom stereocenters. The molecule has 0 aromatic heterocycles. The zero-order chi connectivity index (χ0) is 20.1. The van der Waals surface area contributed by atoms with E-state index in [0.29, 0.717) is 32.2 Å². The van der Waals surface area contributed by atoms with Crippen molar-refractivity contribution in [1.82, 2.24) is 4.90 Å². The van der Waals surface area contributed by atoms with Crippen LogP contribution in [0.15, 0.2) is 24.3 Å². The van der Waals surface area contributed by atoms with Gasteiger partial charge in [0.25, 0.3) is 0 Å². The highest BCUT2D eigenvalue weighted by molar-refractivity contribution is 5.79. The van der Waals surface area contributed by atoms with Crippen LogP contribution in [0, 0.1) is 17.8 Å². The summed E-state index contributed by atoms with van der Waals surface area (Å²) in [5.41, 5.74) is 0. The maximum absolute atomic E-state index is 12.1. The quantitative estimate of drug-likeness (QED) is 0.329. The lowest BCUT2D eigenvalue weighted by Crippen LogP contribution is -2.32. The number of nitrogens with zero attached hydrogens (tertiary/aromatic N) is 1. The van der Waals surface area contributed by atoms with Gasteiger partial charge < -0.3 is 15.1 Å². The molecule has 5 heteroatoms. The lowest BCUT2D eigenvalue weighted by atomic mass is 10.00. The molecule has 0 saturated carbocycles. The Hall–Kier alpha value is -2.06. The number of amides is 1. The summed E-state index contributed by atoms with van der Waals surface area (Å²) in [6.07, 6.45) is 12.4. The number of hydrogen-bond donors (Lipinski definition) is 2. The first-order valence-electron chi connectivity index (χ1n) is 9.94. The molecule has 0 aromatic carbocycles. The van der Waals surface area contributed by atoms with Gasteiger partial charge in [0.1, 0.15) is 0 Å². The standard InChI is InChI=1S/C22H33NO4/c1-3-4-5-8-11-18(2)20(24)15-13-19-14-16-21(25)23(19)17-10-7-6-9-12-22(26)27/h7,10,13,15,18-20,24H,3-4,6,9,11-12,14,16-17H2,1-2H3,(H,26,27)/b10-7?,15-13+/t18-,19?,20+/m0/s1. The summed E-state index contributed by atoms with van der Waals surface area (Å²) in [5.74, 6) is 5.60. The Balaban J connectivity index is 2.46. The van der Waals surface area contributed by atoms with E-state index in [4.69, 9.17) is 5.11 Å². The topological polar surface area (TPSA) is 77.8 Å². The minimum atomic E-state index is -0.785. The second-order valence-corrected chi connectivity index (χ2v) is 7.07. The molecule has 1 saturated heterocycles. The number of likely N-dealkylation sites (tertiary alicyclic amines) is 1. The van der Waals surface area contributed by atoms with Crippen LogP contribution in [0.5, 0.6) is 0 Å². The predicted molar refractivity (Wildman–Crippen MR) is 107 cm³/mol. The number of carboxylic acids is 1. The Labute approximate surface area is 163 Å². The number of carbonyl (C=O) groups is 2. The largest absolute Gasteiger partial charge is 0.481 e. The van der Waals surface area contributed by atoms with Crippen molar-refractivity contribution in [3.8, 4) is 11.8 Å². The number of hydrogen-bond acceptors (Lipinski definition) is 3. The Kier molecular flexibility index (Phi) is 11.2. The van der Waals surface area contributed by atoms with Crippen LogP contribution in [0.2, 0.25) is 0 Å². The number of rotatable bonds is 11. The third-order valence-electron chi connectivity index (χ3n) is 4.64. The van der Waals surface area contributed by atoms with Gasteiger partial charge in [-0.2, -0.15) is 0 Å². The van der Waals surface area contributed by atoms with Crippen molar-refractivity contribution in [2.45, 2.75) is 77.4 Å². The number of carboxylic acid groups (broad SMARTS) is 1. The molecule has 1 aliphatic rings. The summed E-state index contributed by atoms with van der Waals surface area (Å²) in [5, 5.41) is 18.9. The molecule has 5 nitrogen and oxygen atoms in total. The van der Waals surface area contributed by atoms with E-state index in [1.165, 1.54) is 0 Å². The van der Waals surface area contributed by atoms with Crippen LogP contribution in [0.1, 0.15) is 65.2 Å². The fourth-order valence-electron chi connectivity index (χ4n) is 2.87. The minimum absolute atomic E-state index is 0.00851. The van der Waals surface area contributed by atoms with Gasteiger partial charge in [0, 0.05) is 32.2 Å². The van der Waals surface area contributed by atoms with Crippen LogP contribution in [0.25, 0.3) is 0 Å². The maximum atomic E-state index is 12.1. The summed E-state index contributed by atoms with van der Waals surface area (Å²) < 4.78 is 0. The van der Waals surface area contributed by atoms with Crippen molar-refractivity contribution in [1.29, 1.82) is 0 Å². The third-order valence-corrected chi connectivity index (χ3v) is 4.64. The van der Waals surface area contributed by atoms with Crippen molar-refractivity contribution in [3.63, 3.8) is 0 Å². The van der Waals surface area contributed by atoms with E-state index in [9.17, 15) is 14.7 Å². The van der Waals surface area contributed by atoms with Crippen molar-refractivity contribution in [3.05, 3.63) is 24.3 Å². The lowest BCUT2D eigenvalue weighted by molar-refractivity contribution is -0.137. The smallest absolute Gasteiger partial charge is 0.303 e. The van der Waals surface area contributed by atoms with E-state index < -0.39 is 12.1 Å². The van der Waals surface area contributed by atoms with Gasteiger partial charge in [-0.25, -0.2) is 0 Å². The van der Waals surface area contributed by atoms with Crippen LogP contribution in [0.3, 0.4) is 0 Å². The molecule has 1 unspecified atom stereocenters. The summed E-state index contributed by atoms with van der Waals surface area (Å²) in [7, 11) is 0. The summed E-state index contributed by atoms with van der Waals surface area (Å²) in [6, 6.07) is 0.00851. The molecule has 1 amide bonds. The molecule has 1 heterocycles. The van der Waals surface area contributed by atoms with Crippen molar-refractivity contribution in [2.24, 2.45) is 5.92 Å². The van der Waals surface area contributed by atoms with Crippen molar-refractivity contribution < 1.29 is 19.8 Å². The number of allylic oxidation sites excluding steroid dienone is 1. The maximum Gasteiger partial charge on any atom is 0.303 e. The molecule has 1 aliphatic heterocycles.